The minimum atomic E-state index is -0.439. The number of amides is 2. The molecule has 0 fully saturated rings. The van der Waals surface area contributed by atoms with Crippen molar-refractivity contribution in [3.63, 3.8) is 0 Å². The zero-order valence-corrected chi connectivity index (χ0v) is 16.2. The molecule has 1 unspecified atom stereocenters. The summed E-state index contributed by atoms with van der Waals surface area (Å²) in [5.74, 6) is 1.12. The lowest BCUT2D eigenvalue weighted by molar-refractivity contribution is -0.115. The molecule has 2 aromatic rings. The van der Waals surface area contributed by atoms with Gasteiger partial charge in [-0.15, -0.1) is 24.2 Å². The SMILES string of the molecule is COc1ccc(N)c(NC(=O)CSC(C)C(=O)Nc2cc(C)on2)c1.Cl. The van der Waals surface area contributed by atoms with Crippen molar-refractivity contribution in [1.82, 2.24) is 5.16 Å². The van der Waals surface area contributed by atoms with Crippen molar-refractivity contribution in [2.75, 3.05) is 29.2 Å². The fourth-order valence-corrected chi connectivity index (χ4v) is 2.57. The summed E-state index contributed by atoms with van der Waals surface area (Å²) in [5.41, 5.74) is 6.74. The van der Waals surface area contributed by atoms with E-state index in [1.165, 1.54) is 18.9 Å². The standard InChI is InChI=1S/C16H20N4O4S.ClH/c1-9-6-14(20-24-9)19-16(22)10(2)25-8-15(21)18-13-7-11(23-3)4-5-12(13)17;/h4-7,10H,8,17H2,1-3H3,(H,18,21)(H,19,20,22);1H. The van der Waals surface area contributed by atoms with Crippen molar-refractivity contribution < 1.29 is 18.8 Å². The molecule has 2 rings (SSSR count). The van der Waals surface area contributed by atoms with E-state index in [1.807, 2.05) is 0 Å². The van der Waals surface area contributed by atoms with Crippen LogP contribution in [0.3, 0.4) is 0 Å². The number of ether oxygens (including phenoxy) is 1. The average molecular weight is 401 g/mol. The number of halogens is 1. The number of nitrogens with two attached hydrogens (primary N) is 1. The van der Waals surface area contributed by atoms with Gasteiger partial charge in [0.1, 0.15) is 11.5 Å². The Balaban J connectivity index is 0.00000338. The van der Waals surface area contributed by atoms with Crippen LogP contribution in [0, 0.1) is 6.92 Å². The number of aryl methyl sites for hydroxylation is 1. The van der Waals surface area contributed by atoms with Gasteiger partial charge < -0.3 is 25.6 Å². The molecule has 1 aromatic carbocycles. The molecule has 142 valence electrons. The maximum atomic E-state index is 12.1. The Hall–Kier alpha value is -2.39. The van der Waals surface area contributed by atoms with Crippen LogP contribution in [0.25, 0.3) is 0 Å². The normalized spacial score (nSPS) is 11.2. The van der Waals surface area contributed by atoms with Crippen LogP contribution in [-0.2, 0) is 9.59 Å². The lowest BCUT2D eigenvalue weighted by Crippen LogP contribution is -2.25. The summed E-state index contributed by atoms with van der Waals surface area (Å²) in [5, 5.41) is 8.59. The highest BCUT2D eigenvalue weighted by Gasteiger charge is 2.17. The Morgan fingerprint density at radius 1 is 1.35 bits per heavy atom. The molecule has 10 heteroatoms. The largest absolute Gasteiger partial charge is 0.497 e. The second-order valence-electron chi connectivity index (χ2n) is 5.27. The van der Waals surface area contributed by atoms with Crippen LogP contribution in [0.2, 0.25) is 0 Å². The van der Waals surface area contributed by atoms with Crippen molar-refractivity contribution in [2.24, 2.45) is 0 Å². The highest BCUT2D eigenvalue weighted by atomic mass is 35.5. The topological polar surface area (TPSA) is 119 Å². The number of benzene rings is 1. The molecule has 0 aliphatic rings. The molecule has 1 atom stereocenters. The first kappa shape index (κ1) is 21.7. The molecule has 1 heterocycles. The van der Waals surface area contributed by atoms with Crippen molar-refractivity contribution in [2.45, 2.75) is 19.1 Å². The molecule has 0 spiro atoms. The van der Waals surface area contributed by atoms with Gasteiger partial charge in [-0.2, -0.15) is 0 Å². The number of hydrogen-bond acceptors (Lipinski definition) is 7. The summed E-state index contributed by atoms with van der Waals surface area (Å²) < 4.78 is 9.98. The van der Waals surface area contributed by atoms with E-state index >= 15 is 0 Å². The zero-order chi connectivity index (χ0) is 18.4. The molecule has 0 radical (unpaired) electrons. The van der Waals surface area contributed by atoms with Crippen molar-refractivity contribution in [1.29, 1.82) is 0 Å². The summed E-state index contributed by atoms with van der Waals surface area (Å²) in [6.07, 6.45) is 0. The summed E-state index contributed by atoms with van der Waals surface area (Å²) in [6.45, 7) is 3.44. The van der Waals surface area contributed by atoms with Crippen LogP contribution < -0.4 is 21.1 Å². The number of nitrogens with one attached hydrogen (secondary N) is 2. The van der Waals surface area contributed by atoms with Gasteiger partial charge in [-0.1, -0.05) is 5.16 Å². The molecular formula is C16H21ClN4O4S. The second kappa shape index (κ2) is 9.93. The van der Waals surface area contributed by atoms with Gasteiger partial charge in [0.2, 0.25) is 11.8 Å². The minimum Gasteiger partial charge on any atom is -0.497 e. The molecule has 26 heavy (non-hydrogen) atoms. The first-order valence-corrected chi connectivity index (χ1v) is 8.53. The smallest absolute Gasteiger partial charge is 0.238 e. The van der Waals surface area contributed by atoms with E-state index in [4.69, 9.17) is 15.0 Å². The van der Waals surface area contributed by atoms with Crippen molar-refractivity contribution in [3.8, 4) is 5.75 Å². The van der Waals surface area contributed by atoms with Gasteiger partial charge in [-0.25, -0.2) is 0 Å². The fourth-order valence-electron chi connectivity index (χ4n) is 1.89. The number of rotatable bonds is 7. The lowest BCUT2D eigenvalue weighted by atomic mass is 10.2. The summed E-state index contributed by atoms with van der Waals surface area (Å²) in [7, 11) is 1.53. The highest BCUT2D eigenvalue weighted by molar-refractivity contribution is 8.01. The monoisotopic (exact) mass is 400 g/mol. The summed E-state index contributed by atoms with van der Waals surface area (Å²) >= 11 is 1.20. The van der Waals surface area contributed by atoms with Gasteiger partial charge in [0.25, 0.3) is 0 Å². The number of nitrogen functional groups attached to an aromatic ring is 1. The Kier molecular flexibility index (Phi) is 8.27. The van der Waals surface area contributed by atoms with E-state index in [-0.39, 0.29) is 30.0 Å². The highest BCUT2D eigenvalue weighted by Crippen LogP contribution is 2.24. The zero-order valence-electron chi connectivity index (χ0n) is 14.6. The van der Waals surface area contributed by atoms with E-state index in [9.17, 15) is 9.59 Å². The Morgan fingerprint density at radius 2 is 2.08 bits per heavy atom. The maximum Gasteiger partial charge on any atom is 0.238 e. The van der Waals surface area contributed by atoms with Gasteiger partial charge in [0.15, 0.2) is 5.82 Å². The third-order valence-corrected chi connectivity index (χ3v) is 4.39. The quantitative estimate of drug-likeness (QED) is 0.611. The second-order valence-corrected chi connectivity index (χ2v) is 6.60. The van der Waals surface area contributed by atoms with Crippen LogP contribution in [0.15, 0.2) is 28.8 Å². The number of thioether (sulfide) groups is 1. The first-order valence-electron chi connectivity index (χ1n) is 7.48. The van der Waals surface area contributed by atoms with Crippen LogP contribution >= 0.6 is 24.2 Å². The van der Waals surface area contributed by atoms with E-state index < -0.39 is 5.25 Å². The Labute approximate surface area is 161 Å². The van der Waals surface area contributed by atoms with Crippen molar-refractivity contribution in [3.05, 3.63) is 30.0 Å². The number of carbonyl (C=O) groups is 2. The van der Waals surface area contributed by atoms with Gasteiger partial charge in [0, 0.05) is 12.1 Å². The molecule has 0 saturated heterocycles. The third kappa shape index (κ3) is 6.16. The van der Waals surface area contributed by atoms with Gasteiger partial charge in [-0.3, -0.25) is 9.59 Å². The third-order valence-electron chi connectivity index (χ3n) is 3.25. The van der Waals surface area contributed by atoms with Crippen molar-refractivity contribution >= 4 is 53.2 Å². The number of aromatic nitrogens is 1. The number of nitrogens with zero attached hydrogens (tertiary/aromatic N) is 1. The predicted octanol–water partition coefficient (Wildman–Crippen LogP) is 2.69. The number of hydrogen-bond donors (Lipinski definition) is 3. The first-order chi connectivity index (χ1) is 11.9. The predicted molar refractivity (Wildman–Crippen MR) is 105 cm³/mol. The average Bonchev–Trinajstić information content (AvgIpc) is 2.99. The van der Waals surface area contributed by atoms with E-state index in [1.54, 1.807) is 38.1 Å². The van der Waals surface area contributed by atoms with Crippen LogP contribution in [0.4, 0.5) is 17.2 Å². The van der Waals surface area contributed by atoms with E-state index in [0.29, 0.717) is 28.7 Å². The molecule has 0 bridgehead atoms. The number of carbonyl (C=O) groups excluding carboxylic acids is 2. The molecule has 1 aromatic heterocycles. The van der Waals surface area contributed by atoms with Gasteiger partial charge in [0.05, 0.1) is 29.5 Å². The molecular weight excluding hydrogens is 380 g/mol. The number of methoxy groups -OCH3 is 1. The van der Waals surface area contributed by atoms with Crippen LogP contribution in [0.5, 0.6) is 5.75 Å². The fraction of sp³-hybridized carbons (Fsp3) is 0.312. The molecule has 4 N–H and O–H groups in total. The minimum absolute atomic E-state index is 0. The van der Waals surface area contributed by atoms with E-state index in [2.05, 4.69) is 15.8 Å². The molecule has 8 nitrogen and oxygen atoms in total. The molecule has 0 aliphatic carbocycles. The Morgan fingerprint density at radius 3 is 2.69 bits per heavy atom. The number of anilines is 3. The van der Waals surface area contributed by atoms with Crippen LogP contribution in [-0.4, -0.2) is 35.1 Å². The van der Waals surface area contributed by atoms with E-state index in [0.717, 1.165) is 0 Å². The Bertz CT molecular complexity index is 768. The summed E-state index contributed by atoms with van der Waals surface area (Å²) in [4.78, 5) is 24.1. The maximum absolute atomic E-state index is 12.1. The molecule has 2 amide bonds. The van der Waals surface area contributed by atoms with Gasteiger partial charge in [-0.05, 0) is 26.0 Å². The molecule has 0 aliphatic heterocycles. The lowest BCUT2D eigenvalue weighted by Gasteiger charge is -2.12. The van der Waals surface area contributed by atoms with Crippen LogP contribution in [0.1, 0.15) is 12.7 Å². The van der Waals surface area contributed by atoms with Gasteiger partial charge >= 0.3 is 0 Å². The summed E-state index contributed by atoms with van der Waals surface area (Å²) in [6, 6.07) is 6.61. The molecule has 0 saturated carbocycles.